The molecule has 0 aromatic heterocycles. The first kappa shape index (κ1) is 16.3. The Morgan fingerprint density at radius 3 is 2.25 bits per heavy atom. The number of benzene rings is 1. The number of amides is 1. The number of carboxylic acids is 1. The lowest BCUT2D eigenvalue weighted by Gasteiger charge is -2.32. The van der Waals surface area contributed by atoms with Gasteiger partial charge in [0.25, 0.3) is 5.91 Å². The molecule has 24 heavy (non-hydrogen) atoms. The molecule has 3 aliphatic rings. The Morgan fingerprint density at radius 2 is 1.71 bits per heavy atom. The minimum absolute atomic E-state index is 0.0244. The van der Waals surface area contributed by atoms with Crippen LogP contribution in [0.25, 0.3) is 0 Å². The average molecular weight is 364 g/mol. The van der Waals surface area contributed by atoms with E-state index in [4.69, 9.17) is 5.11 Å². The van der Waals surface area contributed by atoms with Crippen molar-refractivity contribution in [2.45, 2.75) is 23.8 Å². The van der Waals surface area contributed by atoms with Crippen molar-refractivity contribution in [3.8, 4) is 0 Å². The van der Waals surface area contributed by atoms with Crippen LogP contribution in [0.4, 0.5) is 0 Å². The molecular formula is C18H21NO3S2. The zero-order valence-corrected chi connectivity index (χ0v) is 15.1. The van der Waals surface area contributed by atoms with E-state index < -0.39 is 5.97 Å². The SMILES string of the molecule is O=C(O)C1CC12CCN(C(=O)c1ccc(C3SCCS3)cc1)CC2. The molecule has 1 aromatic carbocycles. The molecule has 2 saturated heterocycles. The van der Waals surface area contributed by atoms with E-state index in [-0.39, 0.29) is 17.2 Å². The van der Waals surface area contributed by atoms with Crippen molar-refractivity contribution in [3.63, 3.8) is 0 Å². The highest BCUT2D eigenvalue weighted by Crippen LogP contribution is 2.59. The van der Waals surface area contributed by atoms with Gasteiger partial charge in [0.05, 0.1) is 10.5 Å². The summed E-state index contributed by atoms with van der Waals surface area (Å²) in [6, 6.07) is 8.04. The van der Waals surface area contributed by atoms with E-state index in [1.54, 1.807) is 0 Å². The molecule has 1 aliphatic carbocycles. The number of piperidine rings is 1. The molecule has 3 fully saturated rings. The van der Waals surface area contributed by atoms with Gasteiger partial charge in [0.1, 0.15) is 0 Å². The molecule has 6 heteroatoms. The van der Waals surface area contributed by atoms with Gasteiger partial charge in [-0.1, -0.05) is 12.1 Å². The van der Waals surface area contributed by atoms with E-state index in [2.05, 4.69) is 12.1 Å². The molecule has 1 amide bonds. The fourth-order valence-corrected chi connectivity index (χ4v) is 6.78. The number of hydrogen-bond donors (Lipinski definition) is 1. The van der Waals surface area contributed by atoms with E-state index in [1.165, 1.54) is 17.1 Å². The van der Waals surface area contributed by atoms with Crippen LogP contribution in [0.5, 0.6) is 0 Å². The van der Waals surface area contributed by atoms with Gasteiger partial charge >= 0.3 is 5.97 Å². The second-order valence-corrected chi connectivity index (χ2v) is 9.67. The van der Waals surface area contributed by atoms with Crippen LogP contribution in [0.1, 0.15) is 39.8 Å². The summed E-state index contributed by atoms with van der Waals surface area (Å²) in [5.41, 5.74) is 2.01. The zero-order chi connectivity index (χ0) is 16.7. The van der Waals surface area contributed by atoms with Crippen LogP contribution < -0.4 is 0 Å². The maximum atomic E-state index is 12.7. The van der Waals surface area contributed by atoms with Gasteiger partial charge in [-0.15, -0.1) is 23.5 Å². The van der Waals surface area contributed by atoms with Crippen molar-refractivity contribution in [3.05, 3.63) is 35.4 Å². The van der Waals surface area contributed by atoms with Gasteiger partial charge in [-0.3, -0.25) is 9.59 Å². The Balaban J connectivity index is 1.37. The number of likely N-dealkylation sites (tertiary alicyclic amines) is 1. The van der Waals surface area contributed by atoms with E-state index in [9.17, 15) is 9.59 Å². The van der Waals surface area contributed by atoms with Crippen LogP contribution >= 0.6 is 23.5 Å². The van der Waals surface area contributed by atoms with Crippen LogP contribution in [0.2, 0.25) is 0 Å². The zero-order valence-electron chi connectivity index (χ0n) is 13.4. The minimum Gasteiger partial charge on any atom is -0.481 e. The highest BCUT2D eigenvalue weighted by atomic mass is 32.2. The average Bonchev–Trinajstić information content (AvgIpc) is 3.05. The number of nitrogens with zero attached hydrogens (tertiary/aromatic N) is 1. The van der Waals surface area contributed by atoms with E-state index in [0.29, 0.717) is 17.7 Å². The number of aliphatic carboxylic acids is 1. The third-order valence-corrected chi connectivity index (χ3v) is 8.69. The first-order chi connectivity index (χ1) is 11.6. The third kappa shape index (κ3) is 2.94. The summed E-state index contributed by atoms with van der Waals surface area (Å²) >= 11 is 3.93. The molecule has 1 spiro atoms. The first-order valence-corrected chi connectivity index (χ1v) is 10.5. The van der Waals surface area contributed by atoms with Crippen LogP contribution in [0, 0.1) is 11.3 Å². The molecule has 1 atom stereocenters. The monoisotopic (exact) mass is 363 g/mol. The van der Waals surface area contributed by atoms with E-state index in [0.717, 1.165) is 24.8 Å². The fraction of sp³-hybridized carbons (Fsp3) is 0.556. The highest BCUT2D eigenvalue weighted by molar-refractivity contribution is 8.19. The minimum atomic E-state index is -0.673. The lowest BCUT2D eigenvalue weighted by Crippen LogP contribution is -2.40. The Kier molecular flexibility index (Phi) is 4.29. The number of hydrogen-bond acceptors (Lipinski definition) is 4. The van der Waals surface area contributed by atoms with Crippen LogP contribution in [0.3, 0.4) is 0 Å². The summed E-state index contributed by atoms with van der Waals surface area (Å²) in [5.74, 6) is 1.62. The predicted octanol–water partition coefficient (Wildman–Crippen LogP) is 3.49. The molecule has 0 radical (unpaired) electrons. The standard InChI is InChI=1S/C18H21NO3S2/c20-15(12-1-3-13(4-2-12)17-23-9-10-24-17)19-7-5-18(6-8-19)11-14(18)16(21)22/h1-4,14,17H,5-11H2,(H,21,22). The van der Waals surface area contributed by atoms with Crippen molar-refractivity contribution in [1.82, 2.24) is 4.90 Å². The van der Waals surface area contributed by atoms with Gasteiger partial charge in [-0.25, -0.2) is 0 Å². The summed E-state index contributed by atoms with van der Waals surface area (Å²) in [4.78, 5) is 25.7. The normalized spacial score (nSPS) is 25.8. The quantitative estimate of drug-likeness (QED) is 0.891. The van der Waals surface area contributed by atoms with Gasteiger partial charge in [0, 0.05) is 30.2 Å². The lowest BCUT2D eigenvalue weighted by atomic mass is 9.90. The van der Waals surface area contributed by atoms with Crippen LogP contribution in [0.15, 0.2) is 24.3 Å². The molecule has 128 valence electrons. The summed E-state index contributed by atoms with van der Waals surface area (Å²) in [6.07, 6.45) is 2.43. The largest absolute Gasteiger partial charge is 0.481 e. The van der Waals surface area contributed by atoms with Gasteiger partial charge < -0.3 is 10.0 Å². The topological polar surface area (TPSA) is 57.6 Å². The summed E-state index contributed by atoms with van der Waals surface area (Å²) < 4.78 is 0.506. The Labute approximate surface area is 150 Å². The van der Waals surface area contributed by atoms with Crippen molar-refractivity contribution in [2.24, 2.45) is 11.3 Å². The Hall–Kier alpha value is -1.14. The van der Waals surface area contributed by atoms with E-state index in [1.807, 2.05) is 40.6 Å². The van der Waals surface area contributed by atoms with Crippen molar-refractivity contribution in [2.75, 3.05) is 24.6 Å². The molecule has 1 aromatic rings. The van der Waals surface area contributed by atoms with Crippen molar-refractivity contribution < 1.29 is 14.7 Å². The predicted molar refractivity (Wildman–Crippen MR) is 97.4 cm³/mol. The molecule has 2 heterocycles. The maximum absolute atomic E-state index is 12.7. The summed E-state index contributed by atoms with van der Waals surface area (Å²) in [5, 5.41) is 9.16. The number of rotatable bonds is 3. The van der Waals surface area contributed by atoms with Gasteiger partial charge in [0.15, 0.2) is 0 Å². The van der Waals surface area contributed by atoms with Crippen molar-refractivity contribution in [1.29, 1.82) is 0 Å². The Morgan fingerprint density at radius 1 is 1.08 bits per heavy atom. The number of carbonyl (C=O) groups excluding carboxylic acids is 1. The Bertz CT molecular complexity index is 647. The van der Waals surface area contributed by atoms with Crippen molar-refractivity contribution >= 4 is 35.4 Å². The smallest absolute Gasteiger partial charge is 0.307 e. The van der Waals surface area contributed by atoms with Crippen LogP contribution in [-0.4, -0.2) is 46.5 Å². The summed E-state index contributed by atoms with van der Waals surface area (Å²) in [7, 11) is 0. The van der Waals surface area contributed by atoms with Gasteiger partial charge in [0.2, 0.25) is 0 Å². The summed E-state index contributed by atoms with van der Waals surface area (Å²) in [6.45, 7) is 1.36. The molecule has 4 rings (SSSR count). The number of carbonyl (C=O) groups is 2. The lowest BCUT2D eigenvalue weighted by molar-refractivity contribution is -0.139. The highest BCUT2D eigenvalue weighted by Gasteiger charge is 2.59. The molecule has 1 saturated carbocycles. The first-order valence-electron chi connectivity index (χ1n) is 8.44. The van der Waals surface area contributed by atoms with E-state index >= 15 is 0 Å². The second-order valence-electron chi connectivity index (χ2n) is 6.95. The molecule has 2 aliphatic heterocycles. The van der Waals surface area contributed by atoms with Crippen LogP contribution in [-0.2, 0) is 4.79 Å². The molecule has 1 unspecified atom stereocenters. The molecular weight excluding hydrogens is 342 g/mol. The third-order valence-electron chi connectivity index (χ3n) is 5.59. The molecule has 0 bridgehead atoms. The number of thioether (sulfide) groups is 2. The maximum Gasteiger partial charge on any atom is 0.307 e. The molecule has 1 N–H and O–H groups in total. The molecule has 4 nitrogen and oxygen atoms in total. The van der Waals surface area contributed by atoms with Gasteiger partial charge in [-0.05, 0) is 42.4 Å². The number of carboxylic acid groups (broad SMARTS) is 1. The second kappa shape index (κ2) is 6.30. The van der Waals surface area contributed by atoms with Gasteiger partial charge in [-0.2, -0.15) is 0 Å². The fourth-order valence-electron chi connectivity index (χ4n) is 3.92.